The van der Waals surface area contributed by atoms with Crippen molar-refractivity contribution >= 4 is 5.78 Å². The zero-order chi connectivity index (χ0) is 19.1. The number of aryl methyl sites for hydroxylation is 1. The molecule has 0 amide bonds. The highest BCUT2D eigenvalue weighted by Gasteiger charge is 2.15. The molecule has 0 spiro atoms. The molecule has 1 rings (SSSR count). The molecule has 0 saturated carbocycles. The molecule has 142 valence electrons. The summed E-state index contributed by atoms with van der Waals surface area (Å²) in [5.74, 6) is 0.830. The fourth-order valence-corrected chi connectivity index (χ4v) is 3.10. The Bertz CT molecular complexity index is 491. The maximum absolute atomic E-state index is 12.1. The van der Waals surface area contributed by atoms with Gasteiger partial charge in [-0.1, -0.05) is 95.7 Å². The Kier molecular flexibility index (Phi) is 14.1. The number of ketones is 1. The molecule has 1 heteroatoms. The van der Waals surface area contributed by atoms with Gasteiger partial charge in [-0.15, -0.1) is 0 Å². The summed E-state index contributed by atoms with van der Waals surface area (Å²) >= 11 is 0. The Hall–Kier alpha value is -1.37. The van der Waals surface area contributed by atoms with Crippen molar-refractivity contribution in [2.75, 3.05) is 0 Å². The molecule has 0 aliphatic rings. The van der Waals surface area contributed by atoms with Gasteiger partial charge in [0, 0.05) is 6.42 Å². The number of hydrogen-bond acceptors (Lipinski definition) is 1. The van der Waals surface area contributed by atoms with E-state index in [-0.39, 0.29) is 5.78 Å². The van der Waals surface area contributed by atoms with E-state index in [1.165, 1.54) is 55.2 Å². The first kappa shape index (κ1) is 23.6. The zero-order valence-corrected chi connectivity index (χ0v) is 17.5. The Morgan fingerprint density at radius 3 is 2.12 bits per heavy atom. The molecule has 0 heterocycles. The van der Waals surface area contributed by atoms with Gasteiger partial charge in [-0.2, -0.15) is 0 Å². The van der Waals surface area contributed by atoms with Crippen molar-refractivity contribution in [2.45, 2.75) is 92.9 Å². The van der Waals surface area contributed by atoms with E-state index in [2.05, 4.69) is 45.0 Å². The van der Waals surface area contributed by atoms with Crippen molar-refractivity contribution in [3.8, 4) is 0 Å². The molecule has 0 unspecified atom stereocenters. The Balaban J connectivity index is 0.00000277. The summed E-state index contributed by atoms with van der Waals surface area (Å²) in [6.45, 7) is 12.6. The summed E-state index contributed by atoms with van der Waals surface area (Å²) in [4.78, 5) is 12.1. The lowest BCUT2D eigenvalue weighted by Crippen LogP contribution is -2.10. The predicted octanol–water partition coefficient (Wildman–Crippen LogP) is 7.47. The average molecular weight is 345 g/mol. The number of carbonyl (C=O) groups excluding carboxylic acids is 1. The van der Waals surface area contributed by atoms with Crippen LogP contribution in [0.4, 0.5) is 0 Å². The number of hydrogen-bond donors (Lipinski definition) is 0. The highest BCUT2D eigenvalue weighted by atomic mass is 16.1. The number of rotatable bonds is 11. The summed E-state index contributed by atoms with van der Waals surface area (Å²) in [5.41, 5.74) is 3.98. The molecule has 25 heavy (non-hydrogen) atoms. The third-order valence-corrected chi connectivity index (χ3v) is 4.52. The topological polar surface area (TPSA) is 17.1 Å². The summed E-state index contributed by atoms with van der Waals surface area (Å²) in [6.07, 6.45) is 10.9. The van der Waals surface area contributed by atoms with Gasteiger partial charge in [-0.05, 0) is 43.7 Å². The number of unbranched alkanes of at least 4 members (excludes halogenated alkanes) is 2. The first-order chi connectivity index (χ1) is 12.1. The lowest BCUT2D eigenvalue weighted by molar-refractivity contribution is -0.114. The Morgan fingerprint density at radius 1 is 1.04 bits per heavy atom. The lowest BCUT2D eigenvalue weighted by atomic mass is 9.84. The van der Waals surface area contributed by atoms with Crippen LogP contribution in [0, 0.1) is 12.8 Å². The summed E-state index contributed by atoms with van der Waals surface area (Å²) in [7, 11) is 0. The smallest absolute Gasteiger partial charge is 0.155 e. The van der Waals surface area contributed by atoms with Gasteiger partial charge in [-0.25, -0.2) is 0 Å². The van der Waals surface area contributed by atoms with Crippen molar-refractivity contribution in [1.29, 1.82) is 0 Å². The van der Waals surface area contributed by atoms with Crippen molar-refractivity contribution in [3.05, 3.63) is 47.0 Å². The van der Waals surface area contributed by atoms with E-state index in [1.807, 2.05) is 26.8 Å². The van der Waals surface area contributed by atoms with Gasteiger partial charge in [0.15, 0.2) is 5.78 Å². The van der Waals surface area contributed by atoms with Crippen LogP contribution in [0.15, 0.2) is 35.9 Å². The normalized spacial score (nSPS) is 11.2. The summed E-state index contributed by atoms with van der Waals surface area (Å²) in [5, 5.41) is 0. The van der Waals surface area contributed by atoms with Gasteiger partial charge in [0.1, 0.15) is 0 Å². The van der Waals surface area contributed by atoms with Gasteiger partial charge in [0.25, 0.3) is 0 Å². The first-order valence-corrected chi connectivity index (χ1v) is 10.4. The lowest BCUT2D eigenvalue weighted by Gasteiger charge is -2.21. The second-order valence-corrected chi connectivity index (χ2v) is 6.69. The van der Waals surface area contributed by atoms with Crippen LogP contribution in [0.2, 0.25) is 0 Å². The summed E-state index contributed by atoms with van der Waals surface area (Å²) in [6, 6.07) is 8.70. The number of benzene rings is 1. The molecule has 0 bridgehead atoms. The molecular formula is C24H40O. The largest absolute Gasteiger partial charge is 0.295 e. The Morgan fingerprint density at radius 2 is 1.64 bits per heavy atom. The predicted molar refractivity (Wildman–Crippen MR) is 112 cm³/mol. The molecule has 0 saturated heterocycles. The monoisotopic (exact) mass is 344 g/mol. The van der Waals surface area contributed by atoms with Crippen LogP contribution < -0.4 is 0 Å². The molecule has 0 aromatic heterocycles. The molecule has 1 aromatic rings. The van der Waals surface area contributed by atoms with Crippen LogP contribution in [-0.2, 0) is 11.2 Å². The molecule has 1 aromatic carbocycles. The minimum Gasteiger partial charge on any atom is -0.295 e. The highest BCUT2D eigenvalue weighted by molar-refractivity contribution is 5.90. The molecular weight excluding hydrogens is 304 g/mol. The third kappa shape index (κ3) is 10.3. The molecule has 0 aliphatic heterocycles. The Labute approximate surface area is 156 Å². The minimum absolute atomic E-state index is 0.269. The first-order valence-electron chi connectivity index (χ1n) is 10.4. The molecule has 1 nitrogen and oxygen atoms in total. The highest BCUT2D eigenvalue weighted by Crippen LogP contribution is 2.27. The van der Waals surface area contributed by atoms with E-state index in [0.717, 1.165) is 6.42 Å². The van der Waals surface area contributed by atoms with Gasteiger partial charge >= 0.3 is 0 Å². The van der Waals surface area contributed by atoms with Gasteiger partial charge < -0.3 is 0 Å². The number of carbonyl (C=O) groups is 1. The minimum atomic E-state index is 0.269. The molecule has 0 atom stereocenters. The van der Waals surface area contributed by atoms with Crippen LogP contribution in [0.3, 0.4) is 0 Å². The number of allylic oxidation sites excluding steroid dienone is 2. The van der Waals surface area contributed by atoms with Crippen LogP contribution in [0.25, 0.3) is 0 Å². The summed E-state index contributed by atoms with van der Waals surface area (Å²) < 4.78 is 0. The van der Waals surface area contributed by atoms with Gasteiger partial charge in [0.05, 0.1) is 0 Å². The van der Waals surface area contributed by atoms with E-state index < -0.39 is 0 Å². The molecule has 0 N–H and O–H groups in total. The maximum atomic E-state index is 12.1. The van der Waals surface area contributed by atoms with Crippen molar-refractivity contribution < 1.29 is 4.79 Å². The van der Waals surface area contributed by atoms with Crippen LogP contribution in [0.1, 0.15) is 90.7 Å². The van der Waals surface area contributed by atoms with E-state index in [0.29, 0.717) is 12.3 Å². The van der Waals surface area contributed by atoms with E-state index in [4.69, 9.17) is 0 Å². The van der Waals surface area contributed by atoms with Crippen LogP contribution in [-0.4, -0.2) is 5.78 Å². The third-order valence-electron chi connectivity index (χ3n) is 4.52. The van der Waals surface area contributed by atoms with Crippen molar-refractivity contribution in [3.63, 3.8) is 0 Å². The quantitative estimate of drug-likeness (QED) is 0.380. The van der Waals surface area contributed by atoms with Crippen molar-refractivity contribution in [2.24, 2.45) is 5.92 Å². The SMILES string of the molecule is CC.CCCCC(CCCC)/C(=C\C(=O)CC)Cc1cccc(C)c1. The molecule has 0 radical (unpaired) electrons. The van der Waals surface area contributed by atoms with Crippen LogP contribution >= 0.6 is 0 Å². The van der Waals surface area contributed by atoms with Gasteiger partial charge in [0.2, 0.25) is 0 Å². The molecule has 0 fully saturated rings. The van der Waals surface area contributed by atoms with E-state index in [1.54, 1.807) is 0 Å². The van der Waals surface area contributed by atoms with E-state index >= 15 is 0 Å². The zero-order valence-electron chi connectivity index (χ0n) is 17.5. The fraction of sp³-hybridized carbons (Fsp3) is 0.625. The maximum Gasteiger partial charge on any atom is 0.155 e. The standard InChI is InChI=1S/C22H34O.C2H6/c1-5-8-13-20(14-9-6-2)21(17-22(23)7-3)16-19-12-10-11-18(4)15-19;1-2/h10-12,15,17,20H,5-9,13-14,16H2,1-4H3;1-2H3/b21-17-;. The molecule has 0 aliphatic carbocycles. The fourth-order valence-electron chi connectivity index (χ4n) is 3.10. The second kappa shape index (κ2) is 14.9. The second-order valence-electron chi connectivity index (χ2n) is 6.69. The van der Waals surface area contributed by atoms with E-state index in [9.17, 15) is 4.79 Å². The van der Waals surface area contributed by atoms with Crippen LogP contribution in [0.5, 0.6) is 0 Å². The van der Waals surface area contributed by atoms with Gasteiger partial charge in [-0.3, -0.25) is 4.79 Å². The van der Waals surface area contributed by atoms with Crippen molar-refractivity contribution in [1.82, 2.24) is 0 Å². The average Bonchev–Trinajstić information content (AvgIpc) is 2.63.